The fraction of sp³-hybridized carbons (Fsp3) is 0.889. The summed E-state index contributed by atoms with van der Waals surface area (Å²) in [5.41, 5.74) is -1.25. The van der Waals surface area contributed by atoms with E-state index < -0.39 is 17.1 Å². The topological polar surface area (TPSA) is 75.6 Å². The highest BCUT2D eigenvalue weighted by Gasteiger charge is 2.61. The van der Waals surface area contributed by atoms with Crippen molar-refractivity contribution in [1.29, 1.82) is 0 Å². The second kappa shape index (κ2) is 5.76. The maximum absolute atomic E-state index is 12.8. The number of rotatable bonds is 5. The van der Waals surface area contributed by atoms with E-state index in [0.717, 1.165) is 32.1 Å². The molecule has 4 saturated carbocycles. The first-order valence-corrected chi connectivity index (χ1v) is 8.93. The second-order valence-corrected chi connectivity index (χ2v) is 8.65. The van der Waals surface area contributed by atoms with Gasteiger partial charge in [-0.3, -0.25) is 9.59 Å². The Morgan fingerprint density at radius 1 is 1.17 bits per heavy atom. The van der Waals surface area contributed by atoms with Gasteiger partial charge in [-0.05, 0) is 63.2 Å². The van der Waals surface area contributed by atoms with Crippen LogP contribution in [0.25, 0.3) is 0 Å². The van der Waals surface area contributed by atoms with E-state index in [4.69, 9.17) is 4.74 Å². The van der Waals surface area contributed by atoms with Crippen molar-refractivity contribution < 1.29 is 19.4 Å². The number of carbonyl (C=O) groups is 2. The fourth-order valence-electron chi connectivity index (χ4n) is 5.24. The first-order valence-electron chi connectivity index (χ1n) is 8.93. The van der Waals surface area contributed by atoms with Gasteiger partial charge >= 0.3 is 5.97 Å². The van der Waals surface area contributed by atoms with Gasteiger partial charge in [-0.15, -0.1) is 0 Å². The minimum absolute atomic E-state index is 0.240. The zero-order valence-electron chi connectivity index (χ0n) is 14.4. The van der Waals surface area contributed by atoms with Gasteiger partial charge in [0.25, 0.3) is 5.91 Å². The Morgan fingerprint density at radius 2 is 1.78 bits per heavy atom. The van der Waals surface area contributed by atoms with Gasteiger partial charge < -0.3 is 15.2 Å². The van der Waals surface area contributed by atoms with Gasteiger partial charge in [0.05, 0.1) is 11.0 Å². The molecule has 3 atom stereocenters. The van der Waals surface area contributed by atoms with Crippen molar-refractivity contribution in [3.63, 3.8) is 0 Å². The lowest BCUT2D eigenvalue weighted by molar-refractivity contribution is -0.200. The van der Waals surface area contributed by atoms with Crippen molar-refractivity contribution >= 4 is 11.9 Å². The molecular weight excluding hydrogens is 294 g/mol. The molecule has 23 heavy (non-hydrogen) atoms. The predicted molar refractivity (Wildman–Crippen MR) is 85.5 cm³/mol. The van der Waals surface area contributed by atoms with Crippen LogP contribution in [0.3, 0.4) is 0 Å². The highest BCUT2D eigenvalue weighted by molar-refractivity contribution is 5.85. The number of hydrogen-bond acceptors (Lipinski definition) is 4. The zero-order valence-corrected chi connectivity index (χ0v) is 14.4. The molecular formula is C18H29NO4. The fourth-order valence-corrected chi connectivity index (χ4v) is 5.24. The van der Waals surface area contributed by atoms with Crippen LogP contribution in [0.1, 0.15) is 59.3 Å². The van der Waals surface area contributed by atoms with Gasteiger partial charge in [-0.1, -0.05) is 13.8 Å². The van der Waals surface area contributed by atoms with Crippen molar-refractivity contribution in [1.82, 2.24) is 5.32 Å². The Labute approximate surface area is 138 Å². The predicted octanol–water partition coefficient (Wildman–Crippen LogP) is 2.02. The van der Waals surface area contributed by atoms with E-state index in [0.29, 0.717) is 30.7 Å². The van der Waals surface area contributed by atoms with Gasteiger partial charge in [-0.2, -0.15) is 0 Å². The molecule has 0 radical (unpaired) electrons. The lowest BCUT2D eigenvalue weighted by Crippen LogP contribution is -2.59. The molecule has 0 aliphatic heterocycles. The van der Waals surface area contributed by atoms with Crippen LogP contribution in [-0.4, -0.2) is 35.2 Å². The van der Waals surface area contributed by atoms with Crippen LogP contribution in [0.2, 0.25) is 0 Å². The first-order chi connectivity index (χ1) is 10.7. The summed E-state index contributed by atoms with van der Waals surface area (Å²) in [5.74, 6) is 0.699. The quantitative estimate of drug-likeness (QED) is 0.759. The second-order valence-electron chi connectivity index (χ2n) is 8.65. The molecule has 5 heteroatoms. The van der Waals surface area contributed by atoms with E-state index in [1.54, 1.807) is 6.92 Å². The minimum Gasteiger partial charge on any atom is -0.452 e. The normalized spacial score (nSPS) is 39.3. The highest BCUT2D eigenvalue weighted by atomic mass is 16.5. The molecule has 5 nitrogen and oxygen atoms in total. The van der Waals surface area contributed by atoms with E-state index in [2.05, 4.69) is 5.32 Å². The third kappa shape index (κ3) is 3.25. The van der Waals surface area contributed by atoms with E-state index in [-0.39, 0.29) is 11.9 Å². The third-order valence-corrected chi connectivity index (χ3v) is 5.80. The van der Waals surface area contributed by atoms with Crippen LogP contribution in [-0.2, 0) is 14.3 Å². The Morgan fingerprint density at radius 3 is 2.30 bits per heavy atom. The molecule has 0 saturated heterocycles. The Bertz CT molecular complexity index is 487. The van der Waals surface area contributed by atoms with Crippen LogP contribution < -0.4 is 5.32 Å². The summed E-state index contributed by atoms with van der Waals surface area (Å²) in [6.07, 6.45) is 4.12. The van der Waals surface area contributed by atoms with Gasteiger partial charge in [0.15, 0.2) is 6.10 Å². The van der Waals surface area contributed by atoms with Crippen molar-refractivity contribution in [2.75, 3.05) is 6.54 Å². The van der Waals surface area contributed by atoms with Crippen LogP contribution in [0.5, 0.6) is 0 Å². The van der Waals surface area contributed by atoms with E-state index in [9.17, 15) is 14.7 Å². The average molecular weight is 323 g/mol. The molecule has 0 heterocycles. The smallest absolute Gasteiger partial charge is 0.312 e. The lowest BCUT2D eigenvalue weighted by atomic mass is 9.48. The first kappa shape index (κ1) is 16.7. The Hall–Kier alpha value is -1.10. The van der Waals surface area contributed by atoms with Crippen LogP contribution in [0.4, 0.5) is 0 Å². The van der Waals surface area contributed by atoms with Crippen molar-refractivity contribution in [3.8, 4) is 0 Å². The molecule has 4 aliphatic rings. The summed E-state index contributed by atoms with van der Waals surface area (Å²) in [4.78, 5) is 24.8. The molecule has 4 bridgehead atoms. The van der Waals surface area contributed by atoms with Crippen molar-refractivity contribution in [2.24, 2.45) is 23.2 Å². The molecule has 0 unspecified atom stereocenters. The molecule has 4 aliphatic carbocycles. The summed E-state index contributed by atoms with van der Waals surface area (Å²) in [7, 11) is 0. The van der Waals surface area contributed by atoms with Gasteiger partial charge in [0.2, 0.25) is 0 Å². The summed E-state index contributed by atoms with van der Waals surface area (Å²) >= 11 is 0. The molecule has 130 valence electrons. The summed E-state index contributed by atoms with van der Waals surface area (Å²) in [5, 5.41) is 13.5. The maximum atomic E-state index is 12.8. The molecule has 4 rings (SSSR count). The minimum atomic E-state index is -0.774. The van der Waals surface area contributed by atoms with Gasteiger partial charge in [0, 0.05) is 6.54 Å². The van der Waals surface area contributed by atoms with Crippen molar-refractivity contribution in [2.45, 2.75) is 71.0 Å². The average Bonchev–Trinajstić information content (AvgIpc) is 2.41. The summed E-state index contributed by atoms with van der Waals surface area (Å²) in [6.45, 7) is 6.25. The van der Waals surface area contributed by atoms with Gasteiger partial charge in [-0.25, -0.2) is 0 Å². The number of carbonyl (C=O) groups excluding carboxylic acids is 2. The summed E-state index contributed by atoms with van der Waals surface area (Å²) < 4.78 is 5.51. The van der Waals surface area contributed by atoms with E-state index >= 15 is 0 Å². The van der Waals surface area contributed by atoms with Gasteiger partial charge in [0.1, 0.15) is 0 Å². The molecule has 0 aromatic rings. The highest BCUT2D eigenvalue weighted by Crippen LogP contribution is 2.62. The van der Waals surface area contributed by atoms with Crippen LogP contribution in [0, 0.1) is 23.2 Å². The lowest BCUT2D eigenvalue weighted by Gasteiger charge is -2.58. The standard InChI is InChI=1S/C18H29NO4/c1-11(2)9-19-15(20)12(3)23-16(21)17-5-13-4-14(6-17)8-18(22,7-13)10-17/h11-14,22H,4-10H2,1-3H3,(H,19,20)/t12-,13-,14-,17?,18?/m1/s1. The molecule has 0 aromatic heterocycles. The number of nitrogens with one attached hydrogen (secondary N) is 1. The van der Waals surface area contributed by atoms with E-state index in [1.807, 2.05) is 13.8 Å². The largest absolute Gasteiger partial charge is 0.452 e. The zero-order chi connectivity index (χ0) is 16.8. The maximum Gasteiger partial charge on any atom is 0.312 e. The SMILES string of the molecule is CC(C)CNC(=O)[C@@H](C)OC(=O)C12C[C@H]3C[C@@H](CC(O)(C3)C1)C2. The number of ether oxygens (including phenoxy) is 1. The Kier molecular flexibility index (Phi) is 4.20. The molecule has 1 amide bonds. The van der Waals surface area contributed by atoms with Crippen LogP contribution >= 0.6 is 0 Å². The number of hydrogen-bond donors (Lipinski definition) is 2. The van der Waals surface area contributed by atoms with Crippen LogP contribution in [0.15, 0.2) is 0 Å². The monoisotopic (exact) mass is 323 g/mol. The number of esters is 1. The molecule has 0 spiro atoms. The third-order valence-electron chi connectivity index (χ3n) is 5.80. The number of aliphatic hydroxyl groups is 1. The molecule has 4 fully saturated rings. The number of amides is 1. The molecule has 2 N–H and O–H groups in total. The summed E-state index contributed by atoms with van der Waals surface area (Å²) in [6, 6.07) is 0. The van der Waals surface area contributed by atoms with Crippen molar-refractivity contribution in [3.05, 3.63) is 0 Å². The Balaban J connectivity index is 1.63. The molecule has 0 aromatic carbocycles. The van der Waals surface area contributed by atoms with E-state index in [1.165, 1.54) is 0 Å².